The van der Waals surface area contributed by atoms with Gasteiger partial charge in [0.05, 0.1) is 12.1 Å². The first-order valence-corrected chi connectivity index (χ1v) is 4.48. The minimum absolute atomic E-state index is 0.222. The van der Waals surface area contributed by atoms with Crippen molar-refractivity contribution in [2.75, 3.05) is 0 Å². The highest BCUT2D eigenvalue weighted by Crippen LogP contribution is 2.25. The molecule has 0 amide bonds. The van der Waals surface area contributed by atoms with E-state index in [-0.39, 0.29) is 5.82 Å². The molecule has 2 rings (SSSR count). The molecule has 1 aromatic heterocycles. The second kappa shape index (κ2) is 3.04. The lowest BCUT2D eigenvalue weighted by Crippen LogP contribution is -1.81. The topological polar surface area (TPSA) is 13.1 Å². The Kier molecular flexibility index (Phi) is 2.00. The van der Waals surface area contributed by atoms with Gasteiger partial charge < -0.3 is 4.42 Å². The molecule has 0 fully saturated rings. The summed E-state index contributed by atoms with van der Waals surface area (Å²) in [5, 5.41) is 0.762. The van der Waals surface area contributed by atoms with Crippen LogP contribution in [0.1, 0.15) is 11.1 Å². The van der Waals surface area contributed by atoms with E-state index in [0.29, 0.717) is 17.0 Å². The molecule has 0 radical (unpaired) electrons. The molecular formula is C10H8ClFO. The number of furan rings is 1. The molecule has 1 aromatic carbocycles. The Morgan fingerprint density at radius 3 is 2.92 bits per heavy atom. The first-order chi connectivity index (χ1) is 6.22. The fourth-order valence-electron chi connectivity index (χ4n) is 1.31. The number of rotatable bonds is 1. The molecule has 1 heterocycles. The maximum atomic E-state index is 13.2. The van der Waals surface area contributed by atoms with E-state index in [9.17, 15) is 4.39 Å². The summed E-state index contributed by atoms with van der Waals surface area (Å²) >= 11 is 5.66. The van der Waals surface area contributed by atoms with E-state index in [1.807, 2.05) is 0 Å². The number of hydrogen-bond donors (Lipinski definition) is 0. The zero-order chi connectivity index (χ0) is 9.42. The summed E-state index contributed by atoms with van der Waals surface area (Å²) in [6.45, 7) is 1.71. The molecule has 0 aliphatic heterocycles. The standard InChI is InChI=1S/C10H8ClFO/c1-6-2-10-8(3-9(6)12)7(4-11)5-13-10/h2-3,5H,4H2,1H3. The Bertz CT molecular complexity index is 447. The lowest BCUT2D eigenvalue weighted by Gasteiger charge is -1.95. The zero-order valence-electron chi connectivity index (χ0n) is 7.10. The molecule has 0 spiro atoms. The van der Waals surface area contributed by atoms with Crippen LogP contribution in [0.2, 0.25) is 0 Å². The smallest absolute Gasteiger partial charge is 0.134 e. The molecule has 1 nitrogen and oxygen atoms in total. The maximum Gasteiger partial charge on any atom is 0.134 e. The molecule has 3 heteroatoms. The van der Waals surface area contributed by atoms with Crippen molar-refractivity contribution in [1.29, 1.82) is 0 Å². The van der Waals surface area contributed by atoms with Gasteiger partial charge in [0, 0.05) is 10.9 Å². The summed E-state index contributed by atoms with van der Waals surface area (Å²) in [6, 6.07) is 3.15. The summed E-state index contributed by atoms with van der Waals surface area (Å²) in [5.74, 6) is 0.121. The molecule has 68 valence electrons. The molecule has 0 unspecified atom stereocenters. The van der Waals surface area contributed by atoms with Crippen molar-refractivity contribution in [3.05, 3.63) is 35.3 Å². The Morgan fingerprint density at radius 1 is 1.46 bits per heavy atom. The van der Waals surface area contributed by atoms with Gasteiger partial charge in [0.1, 0.15) is 11.4 Å². The van der Waals surface area contributed by atoms with Crippen LogP contribution in [0.5, 0.6) is 0 Å². The zero-order valence-corrected chi connectivity index (χ0v) is 7.86. The average Bonchev–Trinajstić information content (AvgIpc) is 2.48. The van der Waals surface area contributed by atoms with Crippen LogP contribution < -0.4 is 0 Å². The van der Waals surface area contributed by atoms with Crippen molar-refractivity contribution in [2.24, 2.45) is 0 Å². The number of halogens is 2. The SMILES string of the molecule is Cc1cc2occ(CCl)c2cc1F. The average molecular weight is 199 g/mol. The number of fused-ring (bicyclic) bond motifs is 1. The predicted molar refractivity (Wildman–Crippen MR) is 50.5 cm³/mol. The van der Waals surface area contributed by atoms with E-state index in [4.69, 9.17) is 16.0 Å². The van der Waals surface area contributed by atoms with Crippen LogP contribution in [0.3, 0.4) is 0 Å². The maximum absolute atomic E-state index is 13.2. The predicted octanol–water partition coefficient (Wildman–Crippen LogP) is 3.62. The van der Waals surface area contributed by atoms with Crippen molar-refractivity contribution in [2.45, 2.75) is 12.8 Å². The normalized spacial score (nSPS) is 11.0. The van der Waals surface area contributed by atoms with Crippen LogP contribution in [-0.4, -0.2) is 0 Å². The van der Waals surface area contributed by atoms with Gasteiger partial charge >= 0.3 is 0 Å². The fraction of sp³-hybridized carbons (Fsp3) is 0.200. The molecule has 0 aliphatic rings. The lowest BCUT2D eigenvalue weighted by molar-refractivity contribution is 0.604. The van der Waals surface area contributed by atoms with Crippen LogP contribution in [0.15, 0.2) is 22.8 Å². The molecular weight excluding hydrogens is 191 g/mol. The van der Waals surface area contributed by atoms with Crippen LogP contribution in [-0.2, 0) is 5.88 Å². The Hall–Kier alpha value is -1.02. The van der Waals surface area contributed by atoms with Crippen molar-refractivity contribution < 1.29 is 8.81 Å². The summed E-state index contributed by atoms with van der Waals surface area (Å²) in [5.41, 5.74) is 2.10. The summed E-state index contributed by atoms with van der Waals surface area (Å²) in [7, 11) is 0. The highest BCUT2D eigenvalue weighted by Gasteiger charge is 2.07. The number of hydrogen-bond acceptors (Lipinski definition) is 1. The first kappa shape index (κ1) is 8.57. The van der Waals surface area contributed by atoms with Crippen LogP contribution in [0.25, 0.3) is 11.0 Å². The third-order valence-electron chi connectivity index (χ3n) is 2.08. The quantitative estimate of drug-likeness (QED) is 0.638. The van der Waals surface area contributed by atoms with E-state index >= 15 is 0 Å². The van der Waals surface area contributed by atoms with Gasteiger partial charge in [-0.05, 0) is 24.6 Å². The third kappa shape index (κ3) is 1.31. The van der Waals surface area contributed by atoms with E-state index < -0.39 is 0 Å². The monoisotopic (exact) mass is 198 g/mol. The molecule has 2 aromatic rings. The number of benzene rings is 1. The second-order valence-corrected chi connectivity index (χ2v) is 3.26. The van der Waals surface area contributed by atoms with Gasteiger partial charge in [0.2, 0.25) is 0 Å². The molecule has 0 aliphatic carbocycles. The second-order valence-electron chi connectivity index (χ2n) is 2.99. The van der Waals surface area contributed by atoms with Gasteiger partial charge in [-0.3, -0.25) is 0 Å². The van der Waals surface area contributed by atoms with Gasteiger partial charge in [0.15, 0.2) is 0 Å². The van der Waals surface area contributed by atoms with Crippen molar-refractivity contribution in [3.63, 3.8) is 0 Å². The summed E-state index contributed by atoms with van der Waals surface area (Å²) in [6.07, 6.45) is 1.57. The van der Waals surface area contributed by atoms with Gasteiger partial charge in [-0.1, -0.05) is 0 Å². The molecule has 0 N–H and O–H groups in total. The fourth-order valence-corrected chi connectivity index (χ4v) is 1.51. The lowest BCUT2D eigenvalue weighted by atomic mass is 10.1. The van der Waals surface area contributed by atoms with Gasteiger partial charge in [0.25, 0.3) is 0 Å². The van der Waals surface area contributed by atoms with E-state index in [1.165, 1.54) is 6.07 Å². The van der Waals surface area contributed by atoms with Crippen molar-refractivity contribution in [3.8, 4) is 0 Å². The van der Waals surface area contributed by atoms with Crippen LogP contribution in [0.4, 0.5) is 4.39 Å². The van der Waals surface area contributed by atoms with Crippen LogP contribution in [0, 0.1) is 12.7 Å². The molecule has 0 atom stereocenters. The Labute approximate surface area is 80.1 Å². The third-order valence-corrected chi connectivity index (χ3v) is 2.37. The number of alkyl halides is 1. The summed E-state index contributed by atoms with van der Waals surface area (Å²) < 4.78 is 18.4. The summed E-state index contributed by atoms with van der Waals surface area (Å²) in [4.78, 5) is 0. The number of aryl methyl sites for hydroxylation is 1. The molecule has 0 bridgehead atoms. The molecule has 0 saturated carbocycles. The van der Waals surface area contributed by atoms with Crippen LogP contribution >= 0.6 is 11.6 Å². The Balaban J connectivity index is 2.77. The van der Waals surface area contributed by atoms with Crippen molar-refractivity contribution in [1.82, 2.24) is 0 Å². The van der Waals surface area contributed by atoms with E-state index in [1.54, 1.807) is 19.3 Å². The van der Waals surface area contributed by atoms with Crippen molar-refractivity contribution >= 4 is 22.6 Å². The minimum Gasteiger partial charge on any atom is -0.464 e. The molecule has 0 saturated heterocycles. The molecule has 13 heavy (non-hydrogen) atoms. The van der Waals surface area contributed by atoms with E-state index in [2.05, 4.69) is 0 Å². The highest BCUT2D eigenvalue weighted by atomic mass is 35.5. The highest BCUT2D eigenvalue weighted by molar-refractivity contribution is 6.18. The van der Waals surface area contributed by atoms with Gasteiger partial charge in [-0.25, -0.2) is 4.39 Å². The first-order valence-electron chi connectivity index (χ1n) is 3.94. The van der Waals surface area contributed by atoms with E-state index in [0.717, 1.165) is 10.9 Å². The van der Waals surface area contributed by atoms with Gasteiger partial charge in [-0.15, -0.1) is 11.6 Å². The Morgan fingerprint density at radius 2 is 2.23 bits per heavy atom. The largest absolute Gasteiger partial charge is 0.464 e. The minimum atomic E-state index is -0.222. The van der Waals surface area contributed by atoms with Gasteiger partial charge in [-0.2, -0.15) is 0 Å².